The molecule has 1 rings (SSSR count). The molecule has 0 aromatic rings. The molecule has 194 valence electrons. The summed E-state index contributed by atoms with van der Waals surface area (Å²) in [4.78, 5) is 4.53. The van der Waals surface area contributed by atoms with Gasteiger partial charge >= 0.3 is 0 Å². The van der Waals surface area contributed by atoms with Crippen LogP contribution in [-0.2, 0) is 10.1 Å². The Morgan fingerprint density at radius 3 is 2.03 bits per heavy atom. The highest BCUT2D eigenvalue weighted by atomic mass is 32.2. The van der Waals surface area contributed by atoms with E-state index in [1.54, 1.807) is 0 Å². The van der Waals surface area contributed by atoms with Crippen LogP contribution >= 0.6 is 0 Å². The smallest absolute Gasteiger partial charge is 0.267 e. The van der Waals surface area contributed by atoms with Crippen LogP contribution in [0.5, 0.6) is 0 Å². The van der Waals surface area contributed by atoms with Gasteiger partial charge in [-0.1, -0.05) is 90.0 Å². The number of nitrogens with zero attached hydrogens (tertiary/aromatic N) is 2. The summed E-state index contributed by atoms with van der Waals surface area (Å²) in [5.74, 6) is 0.0714. The van der Waals surface area contributed by atoms with Gasteiger partial charge in [-0.3, -0.25) is 9.04 Å². The fraction of sp³-hybridized carbons (Fsp3) is 0.880. The van der Waals surface area contributed by atoms with Gasteiger partial charge in [0, 0.05) is 6.08 Å². The molecule has 0 bridgehead atoms. The fourth-order valence-electron chi connectivity index (χ4n) is 4.69. The molecule has 2 unspecified atom stereocenters. The first-order valence-corrected chi connectivity index (χ1v) is 14.8. The number of hydrogen-bond acceptors (Lipinski definition) is 5. The zero-order valence-corrected chi connectivity index (χ0v) is 21.7. The van der Waals surface area contributed by atoms with E-state index in [1.807, 2.05) is 6.08 Å². The van der Waals surface area contributed by atoms with Gasteiger partial charge in [0.15, 0.2) is 0 Å². The number of rotatable bonds is 21. The molecule has 3 N–H and O–H groups in total. The summed E-state index contributed by atoms with van der Waals surface area (Å²) in [6, 6.07) is 0. The number of hydrogen-bond donors (Lipinski definition) is 3. The number of amidine groups is 1. The predicted octanol–water partition coefficient (Wildman–Crippen LogP) is 4.49. The van der Waals surface area contributed by atoms with Crippen LogP contribution < -0.4 is 0 Å². The van der Waals surface area contributed by atoms with Crippen LogP contribution in [0.25, 0.3) is 0 Å². The molecule has 0 saturated carbocycles. The maximum Gasteiger partial charge on any atom is 0.267 e. The average molecular weight is 490 g/mol. The molecule has 1 heterocycles. The van der Waals surface area contributed by atoms with Gasteiger partial charge < -0.3 is 10.2 Å². The second-order valence-electron chi connectivity index (χ2n) is 9.57. The molecule has 8 heteroatoms. The molecule has 0 aromatic heterocycles. The topological polar surface area (TPSA) is 107 Å². The minimum Gasteiger partial charge on any atom is -0.390 e. The molecule has 0 spiro atoms. The Hall–Kier alpha value is -0.800. The Labute approximate surface area is 202 Å². The first kappa shape index (κ1) is 30.2. The van der Waals surface area contributed by atoms with E-state index >= 15 is 0 Å². The maximum absolute atomic E-state index is 11.1. The van der Waals surface area contributed by atoms with Gasteiger partial charge in [0.25, 0.3) is 10.1 Å². The summed E-state index contributed by atoms with van der Waals surface area (Å²) in [5, 5.41) is 19.7. The second-order valence-corrected chi connectivity index (χ2v) is 11.1. The van der Waals surface area contributed by atoms with Crippen molar-refractivity contribution in [2.75, 3.05) is 38.5 Å². The summed E-state index contributed by atoms with van der Waals surface area (Å²) >= 11 is 0. The second kappa shape index (κ2) is 17.6. The first-order chi connectivity index (χ1) is 15.8. The van der Waals surface area contributed by atoms with E-state index in [2.05, 4.69) is 18.0 Å². The lowest BCUT2D eigenvalue weighted by Gasteiger charge is -2.34. The zero-order chi connectivity index (χ0) is 24.4. The highest BCUT2D eigenvalue weighted by Gasteiger charge is 2.39. The van der Waals surface area contributed by atoms with Gasteiger partial charge in [0.05, 0.1) is 13.2 Å². The number of allylic oxidation sites excluding steroid dienone is 1. The van der Waals surface area contributed by atoms with Crippen molar-refractivity contribution < 1.29 is 27.7 Å². The molecular weight excluding hydrogens is 440 g/mol. The highest BCUT2D eigenvalue weighted by Crippen LogP contribution is 2.19. The summed E-state index contributed by atoms with van der Waals surface area (Å²) in [5.41, 5.74) is 0. The monoisotopic (exact) mass is 489 g/mol. The van der Waals surface area contributed by atoms with Gasteiger partial charge in [0.1, 0.15) is 31.5 Å². The third-order valence-corrected chi connectivity index (χ3v) is 7.33. The van der Waals surface area contributed by atoms with Crippen molar-refractivity contribution in [3.63, 3.8) is 0 Å². The van der Waals surface area contributed by atoms with Crippen LogP contribution in [0.2, 0.25) is 0 Å². The quantitative estimate of drug-likeness (QED) is 0.125. The van der Waals surface area contributed by atoms with Crippen LogP contribution in [0.1, 0.15) is 96.8 Å². The summed E-state index contributed by atoms with van der Waals surface area (Å²) in [6.07, 6.45) is 21.1. The lowest BCUT2D eigenvalue weighted by molar-refractivity contribution is -0.837. The Morgan fingerprint density at radius 1 is 0.970 bits per heavy atom. The van der Waals surface area contributed by atoms with Crippen LogP contribution in [0.4, 0.5) is 0 Å². The summed E-state index contributed by atoms with van der Waals surface area (Å²) in [7, 11) is -4.25. The Balaban J connectivity index is 2.21. The van der Waals surface area contributed by atoms with Crippen molar-refractivity contribution in [1.29, 1.82) is 0 Å². The zero-order valence-electron chi connectivity index (χ0n) is 20.8. The van der Waals surface area contributed by atoms with Crippen molar-refractivity contribution in [2.45, 2.75) is 103 Å². The number of quaternary nitrogens is 1. The van der Waals surface area contributed by atoms with E-state index < -0.39 is 22.0 Å². The van der Waals surface area contributed by atoms with Gasteiger partial charge in [-0.05, 0) is 12.8 Å². The number of aliphatic hydroxyl groups excluding tert-OH is 2. The molecule has 1 aliphatic rings. The van der Waals surface area contributed by atoms with Gasteiger partial charge in [-0.2, -0.15) is 8.42 Å². The van der Waals surface area contributed by atoms with Gasteiger partial charge in [-0.25, -0.2) is 4.99 Å². The van der Waals surface area contributed by atoms with E-state index in [1.165, 1.54) is 77.0 Å². The predicted molar refractivity (Wildman–Crippen MR) is 136 cm³/mol. The van der Waals surface area contributed by atoms with Crippen LogP contribution in [0.3, 0.4) is 0 Å². The molecule has 1 aliphatic heterocycles. The van der Waals surface area contributed by atoms with E-state index in [0.717, 1.165) is 18.7 Å². The van der Waals surface area contributed by atoms with Crippen molar-refractivity contribution in [3.05, 3.63) is 12.2 Å². The number of aliphatic hydroxyl groups is 2. The largest absolute Gasteiger partial charge is 0.390 e. The van der Waals surface area contributed by atoms with Crippen LogP contribution in [-0.4, -0.2) is 78.1 Å². The van der Waals surface area contributed by atoms with E-state index in [-0.39, 0.29) is 17.6 Å². The fourth-order valence-corrected chi connectivity index (χ4v) is 5.28. The number of aliphatic imine (C=N–C) groups is 1. The molecule has 0 radical (unpaired) electrons. The SMILES string of the molecule is CCCCCCCCCCCCCCCC=CC1=NCC[N+]1(CCO)CC(O)CS(=O)(=O)O. The van der Waals surface area contributed by atoms with Gasteiger partial charge in [0.2, 0.25) is 5.84 Å². The minimum atomic E-state index is -4.25. The molecule has 0 saturated heterocycles. The molecule has 7 nitrogen and oxygen atoms in total. The molecule has 33 heavy (non-hydrogen) atoms. The average Bonchev–Trinajstić information content (AvgIpc) is 3.11. The van der Waals surface area contributed by atoms with Crippen molar-refractivity contribution in [2.24, 2.45) is 4.99 Å². The normalized spacial score (nSPS) is 19.9. The molecular formula is C25H49N2O5S+. The third kappa shape index (κ3) is 14.3. The Kier molecular flexibility index (Phi) is 16.1. The number of unbranched alkanes of at least 4 members (excludes halogenated alkanes) is 13. The molecule has 0 amide bonds. The molecule has 0 fully saturated rings. The van der Waals surface area contributed by atoms with E-state index in [4.69, 9.17) is 4.55 Å². The molecule has 0 aromatic carbocycles. The van der Waals surface area contributed by atoms with Crippen molar-refractivity contribution in [1.82, 2.24) is 0 Å². The maximum atomic E-state index is 11.1. The third-order valence-electron chi connectivity index (χ3n) is 6.52. The Morgan fingerprint density at radius 2 is 1.52 bits per heavy atom. The van der Waals surface area contributed by atoms with Crippen molar-refractivity contribution in [3.8, 4) is 0 Å². The molecule has 2 atom stereocenters. The summed E-state index contributed by atoms with van der Waals surface area (Å²) in [6.45, 7) is 3.85. The van der Waals surface area contributed by atoms with E-state index in [0.29, 0.717) is 19.6 Å². The van der Waals surface area contributed by atoms with Crippen molar-refractivity contribution >= 4 is 16.0 Å². The molecule has 0 aliphatic carbocycles. The standard InChI is InChI=1S/C25H48N2O5S/c1-2-3-4-5-6-7-8-9-10-11-12-13-14-15-16-17-25-26-18-19-27(25,20-21-28)22-24(29)23-33(30,31)32/h16-17,24,28-29H,2-15,18-23H2,1H3/p+1. The van der Waals surface area contributed by atoms with Gasteiger partial charge in [-0.15, -0.1) is 0 Å². The lowest BCUT2D eigenvalue weighted by atomic mass is 10.0. The Bertz CT molecular complexity index is 666. The van der Waals surface area contributed by atoms with E-state index in [9.17, 15) is 18.6 Å². The minimum absolute atomic E-state index is 0.0791. The first-order valence-electron chi connectivity index (χ1n) is 13.1. The lowest BCUT2D eigenvalue weighted by Crippen LogP contribution is -2.56. The van der Waals surface area contributed by atoms with Crippen LogP contribution in [0, 0.1) is 0 Å². The summed E-state index contributed by atoms with van der Waals surface area (Å²) < 4.78 is 31.4. The highest BCUT2D eigenvalue weighted by molar-refractivity contribution is 7.85. The van der Waals surface area contributed by atoms with Crippen LogP contribution in [0.15, 0.2) is 17.1 Å².